The first-order valence-corrected chi connectivity index (χ1v) is 13.0. The van der Waals surface area contributed by atoms with Crippen LogP contribution in [0, 0.1) is 15.4 Å². The zero-order valence-electron chi connectivity index (χ0n) is 19.8. The molecule has 0 radical (unpaired) electrons. The summed E-state index contributed by atoms with van der Waals surface area (Å²) in [5.74, 6) is -1.62. The standard InChI is InChI=1S/C28H29IN2O3/c1-15(2)18-9-7-10-19(16(3)4)25(18)31-26(33)22-23(27(31)34)28(13-12-21(32)24(22)30-28)14-17-8-5-6-11-20(17)29/h5-13,15-16,22-24,30H,14H2,1-4H3. The number of halogens is 1. The second-order valence-electron chi connectivity index (χ2n) is 10.3. The number of nitrogens with one attached hydrogen (secondary N) is 1. The number of hydrogen-bond donors (Lipinski definition) is 1. The molecule has 2 bridgehead atoms. The molecular weight excluding hydrogens is 539 g/mol. The molecule has 2 fully saturated rings. The summed E-state index contributed by atoms with van der Waals surface area (Å²) in [7, 11) is 0. The van der Waals surface area contributed by atoms with Crippen molar-refractivity contribution < 1.29 is 14.4 Å². The van der Waals surface area contributed by atoms with E-state index in [9.17, 15) is 14.4 Å². The molecule has 5 nitrogen and oxygen atoms in total. The SMILES string of the molecule is CC(C)c1cccc(C(C)C)c1N1C(=O)C2C3NC(Cc4ccccc4I)(C=CC3=O)C2C1=O. The Morgan fingerprint density at radius 2 is 1.59 bits per heavy atom. The number of amides is 2. The average Bonchev–Trinajstić information content (AvgIpc) is 3.23. The van der Waals surface area contributed by atoms with E-state index in [4.69, 9.17) is 0 Å². The minimum Gasteiger partial charge on any atom is -0.296 e. The lowest BCUT2D eigenvalue weighted by Crippen LogP contribution is -2.55. The van der Waals surface area contributed by atoms with Crippen LogP contribution in [0.2, 0.25) is 0 Å². The molecule has 2 saturated heterocycles. The van der Waals surface area contributed by atoms with Crippen molar-refractivity contribution in [3.8, 4) is 0 Å². The van der Waals surface area contributed by atoms with Crippen LogP contribution in [0.5, 0.6) is 0 Å². The molecular formula is C28H29IN2O3. The minimum atomic E-state index is -0.767. The maximum atomic E-state index is 14.2. The lowest BCUT2D eigenvalue weighted by atomic mass is 9.77. The molecule has 5 rings (SSSR count). The van der Waals surface area contributed by atoms with Gasteiger partial charge in [-0.25, -0.2) is 4.90 Å². The third-order valence-electron chi connectivity index (χ3n) is 7.55. The molecule has 6 heteroatoms. The number of ketones is 1. The molecule has 2 aromatic carbocycles. The molecule has 0 spiro atoms. The number of imide groups is 1. The molecule has 2 aromatic rings. The number of anilines is 1. The molecule has 3 heterocycles. The summed E-state index contributed by atoms with van der Waals surface area (Å²) >= 11 is 2.30. The Hall–Kier alpha value is -2.32. The van der Waals surface area contributed by atoms with E-state index in [0.717, 1.165) is 25.9 Å². The molecule has 4 unspecified atom stereocenters. The largest absolute Gasteiger partial charge is 0.296 e. The maximum absolute atomic E-state index is 14.2. The van der Waals surface area contributed by atoms with Crippen molar-refractivity contribution in [3.63, 3.8) is 0 Å². The zero-order valence-corrected chi connectivity index (χ0v) is 22.0. The van der Waals surface area contributed by atoms with E-state index in [1.165, 1.54) is 4.90 Å². The van der Waals surface area contributed by atoms with E-state index in [2.05, 4.69) is 61.7 Å². The third kappa shape index (κ3) is 3.40. The van der Waals surface area contributed by atoms with Crippen molar-refractivity contribution in [3.05, 3.63) is 74.9 Å². The third-order valence-corrected chi connectivity index (χ3v) is 8.60. The highest BCUT2D eigenvalue weighted by atomic mass is 127. The fraction of sp³-hybridized carbons (Fsp3) is 0.393. The number of benzene rings is 2. The van der Waals surface area contributed by atoms with E-state index in [1.54, 1.807) is 6.08 Å². The van der Waals surface area contributed by atoms with Crippen LogP contribution in [0.25, 0.3) is 0 Å². The fourth-order valence-electron chi connectivity index (χ4n) is 5.94. The molecule has 4 atom stereocenters. The van der Waals surface area contributed by atoms with E-state index in [-0.39, 0.29) is 29.4 Å². The normalized spacial score (nSPS) is 27.9. The smallest absolute Gasteiger partial charge is 0.239 e. The van der Waals surface area contributed by atoms with E-state index < -0.39 is 23.4 Å². The monoisotopic (exact) mass is 568 g/mol. The Labute approximate surface area is 214 Å². The van der Waals surface area contributed by atoms with E-state index in [0.29, 0.717) is 6.42 Å². The molecule has 1 N–H and O–H groups in total. The summed E-state index contributed by atoms with van der Waals surface area (Å²) in [4.78, 5) is 42.5. The second-order valence-corrected chi connectivity index (χ2v) is 11.4. The summed E-state index contributed by atoms with van der Waals surface area (Å²) in [6, 6.07) is 13.4. The molecule has 0 aromatic heterocycles. The van der Waals surface area contributed by atoms with Crippen molar-refractivity contribution in [2.45, 2.75) is 57.5 Å². The zero-order chi connectivity index (χ0) is 24.4. The number of carbonyl (C=O) groups excluding carboxylic acids is 3. The predicted octanol–water partition coefficient (Wildman–Crippen LogP) is 4.74. The number of fused-ring (bicyclic) bond motifs is 5. The van der Waals surface area contributed by atoms with Crippen molar-refractivity contribution in [2.24, 2.45) is 11.8 Å². The maximum Gasteiger partial charge on any atom is 0.239 e. The summed E-state index contributed by atoms with van der Waals surface area (Å²) in [6.45, 7) is 8.32. The molecule has 3 aliphatic rings. The highest BCUT2D eigenvalue weighted by molar-refractivity contribution is 14.1. The van der Waals surface area contributed by atoms with Crippen LogP contribution in [0.1, 0.15) is 56.2 Å². The molecule has 3 aliphatic heterocycles. The fourth-order valence-corrected chi connectivity index (χ4v) is 6.52. The summed E-state index contributed by atoms with van der Waals surface area (Å²) < 4.78 is 1.10. The lowest BCUT2D eigenvalue weighted by Gasteiger charge is -2.35. The van der Waals surface area contributed by atoms with Gasteiger partial charge in [-0.15, -0.1) is 0 Å². The average molecular weight is 568 g/mol. The summed E-state index contributed by atoms with van der Waals surface area (Å²) in [5, 5.41) is 3.43. The van der Waals surface area contributed by atoms with Crippen LogP contribution < -0.4 is 10.2 Å². The summed E-state index contributed by atoms with van der Waals surface area (Å²) in [6.07, 6.45) is 3.96. The first kappa shape index (κ1) is 23.4. The van der Waals surface area contributed by atoms with Gasteiger partial charge in [-0.05, 0) is 69.7 Å². The van der Waals surface area contributed by atoms with Gasteiger partial charge in [0.1, 0.15) is 0 Å². The van der Waals surface area contributed by atoms with Crippen molar-refractivity contribution in [1.82, 2.24) is 5.32 Å². The van der Waals surface area contributed by atoms with Crippen LogP contribution in [0.3, 0.4) is 0 Å². The van der Waals surface area contributed by atoms with Gasteiger partial charge in [0.15, 0.2) is 5.78 Å². The molecule has 176 valence electrons. The van der Waals surface area contributed by atoms with Gasteiger partial charge in [-0.2, -0.15) is 0 Å². The predicted molar refractivity (Wildman–Crippen MR) is 141 cm³/mol. The Balaban J connectivity index is 1.65. The van der Waals surface area contributed by atoms with Crippen molar-refractivity contribution >= 4 is 45.9 Å². The Bertz CT molecular complexity index is 1210. The van der Waals surface area contributed by atoms with Gasteiger partial charge < -0.3 is 0 Å². The highest BCUT2D eigenvalue weighted by Gasteiger charge is 2.67. The van der Waals surface area contributed by atoms with Gasteiger partial charge in [-0.3, -0.25) is 19.7 Å². The topological polar surface area (TPSA) is 66.5 Å². The van der Waals surface area contributed by atoms with Crippen molar-refractivity contribution in [1.29, 1.82) is 0 Å². The Kier molecular flexibility index (Phi) is 5.80. The molecule has 0 aliphatic carbocycles. The number of nitrogens with zero attached hydrogens (tertiary/aromatic N) is 1. The van der Waals surface area contributed by atoms with Gasteiger partial charge in [0.25, 0.3) is 0 Å². The molecule has 0 saturated carbocycles. The van der Waals surface area contributed by atoms with Crippen LogP contribution >= 0.6 is 22.6 Å². The van der Waals surface area contributed by atoms with Gasteiger partial charge in [0.05, 0.1) is 29.1 Å². The van der Waals surface area contributed by atoms with E-state index in [1.807, 2.05) is 42.5 Å². The quantitative estimate of drug-likeness (QED) is 0.419. The molecule has 34 heavy (non-hydrogen) atoms. The second kappa shape index (κ2) is 8.41. The van der Waals surface area contributed by atoms with Crippen LogP contribution in [0.4, 0.5) is 5.69 Å². The first-order chi connectivity index (χ1) is 16.2. The van der Waals surface area contributed by atoms with Crippen LogP contribution in [-0.4, -0.2) is 29.2 Å². The van der Waals surface area contributed by atoms with Gasteiger partial charge in [0.2, 0.25) is 11.8 Å². The molecule has 2 amide bonds. The summed E-state index contributed by atoms with van der Waals surface area (Å²) in [5.41, 5.74) is 3.02. The van der Waals surface area contributed by atoms with Gasteiger partial charge in [0, 0.05) is 3.57 Å². The van der Waals surface area contributed by atoms with Gasteiger partial charge in [-0.1, -0.05) is 70.2 Å². The number of para-hydroxylation sites is 1. The van der Waals surface area contributed by atoms with Crippen LogP contribution in [-0.2, 0) is 20.8 Å². The Morgan fingerprint density at radius 1 is 0.941 bits per heavy atom. The van der Waals surface area contributed by atoms with Crippen LogP contribution in [0.15, 0.2) is 54.6 Å². The lowest BCUT2D eigenvalue weighted by molar-refractivity contribution is -0.126. The van der Waals surface area contributed by atoms with Gasteiger partial charge >= 0.3 is 0 Å². The minimum absolute atomic E-state index is 0.130. The first-order valence-electron chi connectivity index (χ1n) is 11.9. The number of rotatable bonds is 5. The highest BCUT2D eigenvalue weighted by Crippen LogP contribution is 2.50. The van der Waals surface area contributed by atoms with Crippen molar-refractivity contribution in [2.75, 3.05) is 4.90 Å². The Morgan fingerprint density at radius 3 is 2.21 bits per heavy atom. The van der Waals surface area contributed by atoms with E-state index >= 15 is 0 Å². The number of carbonyl (C=O) groups is 3. The number of hydrogen-bond acceptors (Lipinski definition) is 4.